The quantitative estimate of drug-likeness (QED) is 0.147. The maximum atomic E-state index is 15.3. The summed E-state index contributed by atoms with van der Waals surface area (Å²) in [4.78, 5) is 45.8. The number of pyridine rings is 1. The number of anilines is 1. The molecule has 5 heterocycles. The van der Waals surface area contributed by atoms with E-state index in [2.05, 4.69) is 31.8 Å². The van der Waals surface area contributed by atoms with E-state index in [0.717, 1.165) is 59.0 Å². The second kappa shape index (κ2) is 15.1. The number of halogens is 3. The van der Waals surface area contributed by atoms with Crippen LogP contribution in [0.25, 0.3) is 22.0 Å². The van der Waals surface area contributed by atoms with Gasteiger partial charge in [-0.05, 0) is 112 Å². The Balaban J connectivity index is 0.952. The number of nitrogens with one attached hydrogen (secondary N) is 2. The number of alkyl halides is 2. The van der Waals surface area contributed by atoms with Gasteiger partial charge in [-0.2, -0.15) is 5.10 Å². The molecule has 2 fully saturated rings. The van der Waals surface area contributed by atoms with E-state index in [1.807, 2.05) is 44.2 Å². The number of nitrogens with zero attached hydrogens (tertiary/aromatic N) is 5. The second-order valence-corrected chi connectivity index (χ2v) is 15.2. The zero-order valence-corrected chi connectivity index (χ0v) is 31.4. The summed E-state index contributed by atoms with van der Waals surface area (Å²) < 4.78 is 42.6. The van der Waals surface area contributed by atoms with E-state index >= 15 is 4.39 Å². The van der Waals surface area contributed by atoms with Gasteiger partial charge in [-0.25, -0.2) is 13.2 Å². The average molecular weight is 762 g/mol. The lowest BCUT2D eigenvalue weighted by atomic mass is 9.87. The van der Waals surface area contributed by atoms with Gasteiger partial charge in [-0.3, -0.25) is 29.6 Å². The number of aromatic nitrogens is 3. The molecule has 2 saturated heterocycles. The van der Waals surface area contributed by atoms with Crippen molar-refractivity contribution in [1.82, 2.24) is 30.3 Å². The van der Waals surface area contributed by atoms with Gasteiger partial charge in [-0.1, -0.05) is 30.3 Å². The summed E-state index contributed by atoms with van der Waals surface area (Å²) >= 11 is 0. The molecule has 0 radical (unpaired) electrons. The van der Waals surface area contributed by atoms with Gasteiger partial charge >= 0.3 is 0 Å². The number of piperidine rings is 2. The van der Waals surface area contributed by atoms with Crippen LogP contribution in [-0.4, -0.2) is 61.8 Å². The average Bonchev–Trinajstić information content (AvgIpc) is 3.51. The molecule has 3 aromatic carbocycles. The first-order valence-corrected chi connectivity index (χ1v) is 19.0. The number of amides is 3. The molecule has 13 heteroatoms. The summed E-state index contributed by atoms with van der Waals surface area (Å²) in [6.07, 6.45) is 1.46. The number of hydrogen-bond donors (Lipinski definition) is 2. The zero-order valence-electron chi connectivity index (χ0n) is 31.4. The Morgan fingerprint density at radius 1 is 0.929 bits per heavy atom. The molecule has 0 bridgehead atoms. The maximum absolute atomic E-state index is 15.3. The van der Waals surface area contributed by atoms with Crippen molar-refractivity contribution in [3.05, 3.63) is 117 Å². The number of aryl methyl sites for hydroxylation is 1. The van der Waals surface area contributed by atoms with E-state index < -0.39 is 18.4 Å². The van der Waals surface area contributed by atoms with Gasteiger partial charge in [0.05, 0.1) is 17.4 Å². The van der Waals surface area contributed by atoms with Crippen LogP contribution in [0, 0.1) is 19.7 Å². The molecule has 10 nitrogen and oxygen atoms in total. The summed E-state index contributed by atoms with van der Waals surface area (Å²) in [5.41, 5.74) is 6.57. The Hall–Kier alpha value is -5.69. The predicted molar refractivity (Wildman–Crippen MR) is 205 cm³/mol. The van der Waals surface area contributed by atoms with Crippen LogP contribution in [0.2, 0.25) is 0 Å². The summed E-state index contributed by atoms with van der Waals surface area (Å²) in [6, 6.07) is 16.8. The number of benzene rings is 3. The molecule has 288 valence electrons. The number of imide groups is 1. The van der Waals surface area contributed by atoms with Crippen LogP contribution in [-0.2, 0) is 22.7 Å². The minimum Gasteiger partial charge on any atom is -0.362 e. The Labute approximate surface area is 322 Å². The highest BCUT2D eigenvalue weighted by Gasteiger charge is 2.39. The second-order valence-electron chi connectivity index (χ2n) is 15.2. The topological polar surface area (TPSA) is 120 Å². The van der Waals surface area contributed by atoms with Gasteiger partial charge in [0.25, 0.3) is 12.3 Å². The molecular weight excluding hydrogens is 720 g/mol. The summed E-state index contributed by atoms with van der Waals surface area (Å²) in [5, 5.41) is 16.0. The molecule has 3 amide bonds. The molecule has 2 aromatic heterocycles. The normalized spacial score (nSPS) is 18.4. The first-order chi connectivity index (χ1) is 26.9. The third-order valence-electron chi connectivity index (χ3n) is 11.7. The largest absolute Gasteiger partial charge is 0.362 e. The van der Waals surface area contributed by atoms with Crippen molar-refractivity contribution < 1.29 is 27.6 Å². The van der Waals surface area contributed by atoms with E-state index in [0.29, 0.717) is 53.4 Å². The fourth-order valence-corrected chi connectivity index (χ4v) is 8.47. The van der Waals surface area contributed by atoms with Crippen molar-refractivity contribution in [3.63, 3.8) is 0 Å². The van der Waals surface area contributed by atoms with E-state index in [9.17, 15) is 23.2 Å². The molecule has 0 saturated carbocycles. The minimum atomic E-state index is -2.57. The van der Waals surface area contributed by atoms with Crippen LogP contribution >= 0.6 is 0 Å². The highest BCUT2D eigenvalue weighted by Crippen LogP contribution is 2.36. The minimum absolute atomic E-state index is 0.00150. The molecule has 2 unspecified atom stereocenters. The Kier molecular flexibility index (Phi) is 10.0. The first kappa shape index (κ1) is 37.2. The number of fused-ring (bicyclic) bond motifs is 2. The monoisotopic (exact) mass is 761 g/mol. The predicted octanol–water partition coefficient (Wildman–Crippen LogP) is 7.70. The lowest BCUT2D eigenvalue weighted by Gasteiger charge is -2.32. The first-order valence-electron chi connectivity index (χ1n) is 19.0. The maximum Gasteiger partial charge on any atom is 0.264 e. The van der Waals surface area contributed by atoms with Crippen molar-refractivity contribution in [2.45, 2.75) is 84.0 Å². The molecule has 8 rings (SSSR count). The Bertz CT molecular complexity index is 2380. The van der Waals surface area contributed by atoms with Crippen LogP contribution in [0.5, 0.6) is 0 Å². The van der Waals surface area contributed by atoms with Crippen LogP contribution in [0.4, 0.5) is 19.0 Å². The van der Waals surface area contributed by atoms with Gasteiger partial charge in [0.15, 0.2) is 5.82 Å². The third kappa shape index (κ3) is 7.11. The van der Waals surface area contributed by atoms with Gasteiger partial charge in [0, 0.05) is 58.7 Å². The van der Waals surface area contributed by atoms with Gasteiger partial charge in [0.1, 0.15) is 11.9 Å². The molecular formula is C43H42F3N7O3. The molecule has 5 aromatic rings. The Morgan fingerprint density at radius 2 is 1.71 bits per heavy atom. The molecule has 0 spiro atoms. The van der Waals surface area contributed by atoms with Crippen molar-refractivity contribution in [1.29, 1.82) is 0 Å². The number of likely N-dealkylation sites (tertiary alicyclic amines) is 1. The van der Waals surface area contributed by atoms with Gasteiger partial charge < -0.3 is 10.2 Å². The standard InChI is InChI=1S/C43H42F3N7O3/c1-23-31(5-4-6-32(23)40(45)46)24(2)48-41-34-19-37(47-20-35(34)25(3)50-51-41)28-8-10-36(44)30(18-28)21-52-15-13-26(14-16-52)27-7-9-33-29(17-27)22-53(43(33)56)38-11-12-39(54)49-42(38)55/h4-10,17-20,24,26,38,40H,11-16,21-22H2,1-3H3,(H,48,51)(H,49,54,55). The van der Waals surface area contributed by atoms with Crippen LogP contribution in [0.1, 0.15) is 100 Å². The summed E-state index contributed by atoms with van der Waals surface area (Å²) in [5.74, 6) is -0.423. The Morgan fingerprint density at radius 3 is 2.48 bits per heavy atom. The lowest BCUT2D eigenvalue weighted by Crippen LogP contribution is -2.52. The smallest absolute Gasteiger partial charge is 0.264 e. The fraction of sp³-hybridized carbons (Fsp3) is 0.349. The molecule has 3 aliphatic rings. The SMILES string of the molecule is Cc1c(C(F)F)cccc1C(C)Nc1nnc(C)c2cnc(-c3ccc(F)c(CN4CCC(c5ccc6c(c5)CN(C5CCC(=O)NC5=O)C6=O)CC4)c3)cc12. The van der Waals surface area contributed by atoms with E-state index in [4.69, 9.17) is 4.98 Å². The van der Waals surface area contributed by atoms with Gasteiger partial charge in [0.2, 0.25) is 11.8 Å². The number of carbonyl (C=O) groups is 3. The van der Waals surface area contributed by atoms with E-state index in [-0.39, 0.29) is 41.6 Å². The van der Waals surface area contributed by atoms with Crippen LogP contribution in [0.3, 0.4) is 0 Å². The van der Waals surface area contributed by atoms with Crippen LogP contribution < -0.4 is 10.6 Å². The van der Waals surface area contributed by atoms with E-state index in [1.54, 1.807) is 30.2 Å². The van der Waals surface area contributed by atoms with Crippen molar-refractivity contribution in [3.8, 4) is 11.3 Å². The third-order valence-corrected chi connectivity index (χ3v) is 11.7. The molecule has 2 N–H and O–H groups in total. The number of rotatable bonds is 9. The molecule has 3 aliphatic heterocycles. The highest BCUT2D eigenvalue weighted by molar-refractivity contribution is 6.05. The highest BCUT2D eigenvalue weighted by atomic mass is 19.3. The summed E-state index contributed by atoms with van der Waals surface area (Å²) in [7, 11) is 0. The van der Waals surface area contributed by atoms with E-state index in [1.165, 1.54) is 12.1 Å². The lowest BCUT2D eigenvalue weighted by molar-refractivity contribution is -0.136. The van der Waals surface area contributed by atoms with Crippen molar-refractivity contribution in [2.75, 3.05) is 18.4 Å². The number of hydrogen-bond acceptors (Lipinski definition) is 8. The molecule has 2 atom stereocenters. The number of carbonyl (C=O) groups excluding carboxylic acids is 3. The zero-order chi connectivity index (χ0) is 39.2. The van der Waals surface area contributed by atoms with Crippen molar-refractivity contribution >= 4 is 34.3 Å². The summed E-state index contributed by atoms with van der Waals surface area (Å²) in [6.45, 7) is 7.76. The fourth-order valence-electron chi connectivity index (χ4n) is 8.47. The van der Waals surface area contributed by atoms with Crippen LogP contribution in [0.15, 0.2) is 66.9 Å². The molecule has 56 heavy (non-hydrogen) atoms. The van der Waals surface area contributed by atoms with Crippen molar-refractivity contribution in [2.24, 2.45) is 0 Å². The molecule has 0 aliphatic carbocycles. The van der Waals surface area contributed by atoms with Gasteiger partial charge in [-0.15, -0.1) is 5.10 Å².